The maximum Gasteiger partial charge on any atom is 0.317 e. The first-order valence-corrected chi connectivity index (χ1v) is 6.21. The summed E-state index contributed by atoms with van der Waals surface area (Å²) >= 11 is 0. The number of carbonyl (C=O) groups is 1. The molecule has 0 aromatic heterocycles. The summed E-state index contributed by atoms with van der Waals surface area (Å²) in [6.07, 6.45) is 2.24. The highest BCUT2D eigenvalue weighted by Gasteiger charge is 2.29. The molecule has 0 aromatic carbocycles. The first-order chi connectivity index (χ1) is 8.08. The number of piperazine rings is 1. The first-order valence-electron chi connectivity index (χ1n) is 6.21. The largest absolute Gasteiger partial charge is 0.386 e. The molecule has 1 saturated heterocycles. The molecule has 96 valence electrons. The van der Waals surface area contributed by atoms with E-state index < -0.39 is 0 Å². The Morgan fingerprint density at radius 2 is 1.94 bits per heavy atom. The number of hydrogen-bond donors (Lipinski definition) is 3. The monoisotopic (exact) mass is 239 g/mol. The fraction of sp³-hybridized carbons (Fsp3) is 0.818. The standard InChI is InChI=1S/C11H21N5O/c1-8(10(12)13)15-4-6-16(7-5-15)11(17)14-9-2-3-9/h8-9H,2-7H2,1H3,(H3,12,13)(H,14,17). The Morgan fingerprint density at radius 1 is 1.35 bits per heavy atom. The van der Waals surface area contributed by atoms with Crippen molar-refractivity contribution in [2.45, 2.75) is 31.8 Å². The van der Waals surface area contributed by atoms with Crippen LogP contribution in [0.2, 0.25) is 0 Å². The van der Waals surface area contributed by atoms with E-state index in [9.17, 15) is 4.79 Å². The third kappa shape index (κ3) is 3.09. The fourth-order valence-electron chi connectivity index (χ4n) is 2.00. The van der Waals surface area contributed by atoms with E-state index in [0.717, 1.165) is 39.0 Å². The van der Waals surface area contributed by atoms with Crippen LogP contribution in [0.5, 0.6) is 0 Å². The van der Waals surface area contributed by atoms with Crippen LogP contribution in [-0.2, 0) is 0 Å². The summed E-state index contributed by atoms with van der Waals surface area (Å²) in [5.41, 5.74) is 5.48. The van der Waals surface area contributed by atoms with Crippen LogP contribution >= 0.6 is 0 Å². The van der Waals surface area contributed by atoms with Gasteiger partial charge in [-0.2, -0.15) is 0 Å². The lowest BCUT2D eigenvalue weighted by molar-refractivity contribution is 0.131. The van der Waals surface area contributed by atoms with Crippen LogP contribution in [0.15, 0.2) is 0 Å². The zero-order valence-electron chi connectivity index (χ0n) is 10.3. The van der Waals surface area contributed by atoms with Crippen molar-refractivity contribution >= 4 is 11.9 Å². The molecule has 2 rings (SSSR count). The predicted molar refractivity (Wildman–Crippen MR) is 66.1 cm³/mol. The second-order valence-electron chi connectivity index (χ2n) is 4.88. The van der Waals surface area contributed by atoms with Gasteiger partial charge in [-0.1, -0.05) is 0 Å². The molecule has 17 heavy (non-hydrogen) atoms. The molecule has 4 N–H and O–H groups in total. The van der Waals surface area contributed by atoms with E-state index in [1.54, 1.807) is 0 Å². The van der Waals surface area contributed by atoms with E-state index in [0.29, 0.717) is 6.04 Å². The highest BCUT2D eigenvalue weighted by atomic mass is 16.2. The minimum Gasteiger partial charge on any atom is -0.386 e. The minimum atomic E-state index is -0.0244. The van der Waals surface area contributed by atoms with Crippen LogP contribution in [0.3, 0.4) is 0 Å². The normalized spacial score (nSPS) is 23.2. The lowest BCUT2D eigenvalue weighted by Crippen LogP contribution is -2.56. The Hall–Kier alpha value is -1.30. The molecule has 0 radical (unpaired) electrons. The second kappa shape index (κ2) is 4.91. The van der Waals surface area contributed by atoms with E-state index in [2.05, 4.69) is 10.2 Å². The molecule has 1 unspecified atom stereocenters. The Balaban J connectivity index is 1.76. The molecule has 1 saturated carbocycles. The molecular formula is C11H21N5O. The van der Waals surface area contributed by atoms with Crippen molar-refractivity contribution in [2.24, 2.45) is 5.73 Å². The molecule has 1 aliphatic carbocycles. The number of nitrogens with two attached hydrogens (primary N) is 1. The first kappa shape index (κ1) is 12.2. The average Bonchev–Trinajstić information content (AvgIpc) is 3.12. The van der Waals surface area contributed by atoms with Crippen molar-refractivity contribution in [2.75, 3.05) is 26.2 Å². The second-order valence-corrected chi connectivity index (χ2v) is 4.88. The zero-order chi connectivity index (χ0) is 12.4. The molecule has 2 fully saturated rings. The van der Waals surface area contributed by atoms with Gasteiger partial charge in [0.2, 0.25) is 0 Å². The van der Waals surface area contributed by atoms with E-state index in [4.69, 9.17) is 11.1 Å². The van der Waals surface area contributed by atoms with E-state index in [-0.39, 0.29) is 17.9 Å². The quantitative estimate of drug-likeness (QED) is 0.471. The summed E-state index contributed by atoms with van der Waals surface area (Å²) in [5.74, 6) is 0.195. The molecule has 0 spiro atoms. The molecule has 0 bridgehead atoms. The van der Waals surface area contributed by atoms with Gasteiger partial charge < -0.3 is 16.0 Å². The highest BCUT2D eigenvalue weighted by Crippen LogP contribution is 2.19. The van der Waals surface area contributed by atoms with E-state index in [1.165, 1.54) is 0 Å². The minimum absolute atomic E-state index is 0.0244. The number of amides is 2. The lowest BCUT2D eigenvalue weighted by atomic mass is 10.2. The Bertz CT molecular complexity index is 307. The van der Waals surface area contributed by atoms with Gasteiger partial charge in [0.05, 0.1) is 6.04 Å². The van der Waals surface area contributed by atoms with Crippen molar-refractivity contribution < 1.29 is 4.79 Å². The molecule has 1 aliphatic heterocycles. The number of nitrogens with zero attached hydrogens (tertiary/aromatic N) is 2. The molecular weight excluding hydrogens is 218 g/mol. The van der Waals surface area contributed by atoms with Crippen LogP contribution in [-0.4, -0.2) is 59.9 Å². The highest BCUT2D eigenvalue weighted by molar-refractivity contribution is 5.82. The Kier molecular flexibility index (Phi) is 3.51. The van der Waals surface area contributed by atoms with Gasteiger partial charge in [-0.15, -0.1) is 0 Å². The number of rotatable bonds is 3. The van der Waals surface area contributed by atoms with Crippen molar-refractivity contribution in [3.8, 4) is 0 Å². The van der Waals surface area contributed by atoms with Gasteiger partial charge in [0.25, 0.3) is 0 Å². The maximum absolute atomic E-state index is 11.8. The van der Waals surface area contributed by atoms with Crippen molar-refractivity contribution in [3.05, 3.63) is 0 Å². The molecule has 2 amide bonds. The summed E-state index contributed by atoms with van der Waals surface area (Å²) in [4.78, 5) is 15.8. The van der Waals surface area contributed by atoms with Crippen molar-refractivity contribution in [3.63, 3.8) is 0 Å². The van der Waals surface area contributed by atoms with Crippen LogP contribution in [0.1, 0.15) is 19.8 Å². The third-order valence-corrected chi connectivity index (χ3v) is 3.50. The smallest absolute Gasteiger partial charge is 0.317 e. The molecule has 0 aromatic rings. The molecule has 2 aliphatic rings. The van der Waals surface area contributed by atoms with Gasteiger partial charge in [0, 0.05) is 32.2 Å². The van der Waals surface area contributed by atoms with Crippen LogP contribution < -0.4 is 11.1 Å². The zero-order valence-corrected chi connectivity index (χ0v) is 10.3. The summed E-state index contributed by atoms with van der Waals surface area (Å²) in [6, 6.07) is 0.447. The maximum atomic E-state index is 11.8. The van der Waals surface area contributed by atoms with Gasteiger partial charge in [0.1, 0.15) is 5.84 Å². The van der Waals surface area contributed by atoms with Gasteiger partial charge in [0.15, 0.2) is 0 Å². The molecule has 1 heterocycles. The number of hydrogen-bond acceptors (Lipinski definition) is 3. The van der Waals surface area contributed by atoms with Crippen LogP contribution in [0, 0.1) is 5.41 Å². The summed E-state index contributed by atoms with van der Waals surface area (Å²) in [5, 5.41) is 10.4. The van der Waals surface area contributed by atoms with Crippen LogP contribution in [0.4, 0.5) is 4.79 Å². The fourth-order valence-corrected chi connectivity index (χ4v) is 2.00. The van der Waals surface area contributed by atoms with Gasteiger partial charge in [-0.05, 0) is 19.8 Å². The lowest BCUT2D eigenvalue weighted by Gasteiger charge is -2.37. The van der Waals surface area contributed by atoms with Gasteiger partial charge in [-0.3, -0.25) is 10.3 Å². The number of amidine groups is 1. The Morgan fingerprint density at radius 3 is 2.41 bits per heavy atom. The average molecular weight is 239 g/mol. The third-order valence-electron chi connectivity index (χ3n) is 3.50. The van der Waals surface area contributed by atoms with Crippen molar-refractivity contribution in [1.29, 1.82) is 5.41 Å². The van der Waals surface area contributed by atoms with Crippen LogP contribution in [0.25, 0.3) is 0 Å². The topological polar surface area (TPSA) is 85.5 Å². The van der Waals surface area contributed by atoms with Crippen molar-refractivity contribution in [1.82, 2.24) is 15.1 Å². The molecule has 6 heteroatoms. The predicted octanol–water partition coefficient (Wildman–Crippen LogP) is -0.200. The van der Waals surface area contributed by atoms with E-state index >= 15 is 0 Å². The SMILES string of the molecule is CC(C(=N)N)N1CCN(C(=O)NC2CC2)CC1. The van der Waals surface area contributed by atoms with Gasteiger partial charge in [-0.25, -0.2) is 4.79 Å². The molecule has 6 nitrogen and oxygen atoms in total. The summed E-state index contributed by atoms with van der Waals surface area (Å²) < 4.78 is 0. The summed E-state index contributed by atoms with van der Waals surface area (Å²) in [7, 11) is 0. The Labute approximate surface area is 102 Å². The van der Waals surface area contributed by atoms with Gasteiger partial charge >= 0.3 is 6.03 Å². The summed E-state index contributed by atoms with van der Waals surface area (Å²) in [6.45, 7) is 4.95. The number of carbonyl (C=O) groups excluding carboxylic acids is 1. The number of nitrogens with one attached hydrogen (secondary N) is 2. The van der Waals surface area contributed by atoms with E-state index in [1.807, 2.05) is 11.8 Å². The number of urea groups is 1. The molecule has 1 atom stereocenters.